The predicted molar refractivity (Wildman–Crippen MR) is 110 cm³/mol. The Morgan fingerprint density at radius 3 is 2.42 bits per heavy atom. The van der Waals surface area contributed by atoms with Gasteiger partial charge in [-0.25, -0.2) is 4.52 Å². The number of benzene rings is 4. The summed E-state index contributed by atoms with van der Waals surface area (Å²) in [5, 5.41) is 14.0. The highest BCUT2D eigenvalue weighted by atomic mass is 35.5. The molecule has 2 nitrogen and oxygen atoms in total. The van der Waals surface area contributed by atoms with Crippen molar-refractivity contribution in [1.82, 2.24) is 9.61 Å². The molecule has 2 heterocycles. The fourth-order valence-electron chi connectivity index (χ4n) is 4.09. The molecule has 0 bridgehead atoms. The number of halogens is 1. The Morgan fingerprint density at radius 1 is 0.692 bits per heavy atom. The van der Waals surface area contributed by atoms with Crippen molar-refractivity contribution in [3.63, 3.8) is 0 Å². The summed E-state index contributed by atoms with van der Waals surface area (Å²) >= 11 is 6.32. The number of aromatic nitrogens is 2. The second kappa shape index (κ2) is 4.96. The molecule has 0 saturated heterocycles. The number of hydrogen-bond acceptors (Lipinski definition) is 1. The van der Waals surface area contributed by atoms with Gasteiger partial charge >= 0.3 is 0 Å². The Bertz CT molecular complexity index is 1490. The zero-order valence-electron chi connectivity index (χ0n) is 13.8. The van der Waals surface area contributed by atoms with Crippen molar-refractivity contribution in [2.75, 3.05) is 0 Å². The number of pyridine rings is 1. The molecule has 26 heavy (non-hydrogen) atoms. The summed E-state index contributed by atoms with van der Waals surface area (Å²) in [4.78, 5) is 0. The smallest absolute Gasteiger partial charge is 0.0940 e. The van der Waals surface area contributed by atoms with Crippen molar-refractivity contribution in [2.45, 2.75) is 0 Å². The number of fused-ring (bicyclic) bond motifs is 9. The molecule has 2 aromatic heterocycles. The summed E-state index contributed by atoms with van der Waals surface area (Å²) in [6.07, 6.45) is 2.03. The lowest BCUT2D eigenvalue weighted by atomic mass is 9.97. The van der Waals surface area contributed by atoms with Gasteiger partial charge in [0.25, 0.3) is 0 Å². The quantitative estimate of drug-likeness (QED) is 0.281. The summed E-state index contributed by atoms with van der Waals surface area (Å²) in [6.45, 7) is 0. The normalized spacial score (nSPS) is 12.0. The summed E-state index contributed by atoms with van der Waals surface area (Å²) < 4.78 is 1.98. The van der Waals surface area contributed by atoms with Crippen LogP contribution in [0.15, 0.2) is 79.0 Å². The minimum Gasteiger partial charge on any atom is -0.239 e. The molecule has 0 fully saturated rings. The Kier molecular flexibility index (Phi) is 2.69. The average Bonchev–Trinajstić information content (AvgIpc) is 3.06. The molecule has 6 aromatic rings. The van der Waals surface area contributed by atoms with Crippen LogP contribution in [0.25, 0.3) is 48.7 Å². The summed E-state index contributed by atoms with van der Waals surface area (Å²) in [6, 6.07) is 25.3. The number of nitrogens with zero attached hydrogens (tertiary/aromatic N) is 2. The molecule has 0 amide bonds. The van der Waals surface area contributed by atoms with Gasteiger partial charge in [-0.2, -0.15) is 5.10 Å². The van der Waals surface area contributed by atoms with E-state index in [4.69, 9.17) is 16.7 Å². The van der Waals surface area contributed by atoms with Crippen LogP contribution in [0.2, 0.25) is 5.02 Å². The van der Waals surface area contributed by atoms with Gasteiger partial charge in [-0.15, -0.1) is 0 Å². The van der Waals surface area contributed by atoms with Gasteiger partial charge in [0.05, 0.1) is 11.0 Å². The van der Waals surface area contributed by atoms with Gasteiger partial charge in [0.15, 0.2) is 0 Å². The first kappa shape index (κ1) is 14.1. The maximum absolute atomic E-state index is 6.32. The largest absolute Gasteiger partial charge is 0.239 e. The summed E-state index contributed by atoms with van der Waals surface area (Å²) in [5.41, 5.74) is 2.11. The van der Waals surface area contributed by atoms with Crippen LogP contribution < -0.4 is 0 Å². The third-order valence-electron chi connectivity index (χ3n) is 5.24. The highest BCUT2D eigenvalue weighted by Gasteiger charge is 2.14. The van der Waals surface area contributed by atoms with Crippen LogP contribution in [0, 0.1) is 0 Å². The van der Waals surface area contributed by atoms with E-state index in [9.17, 15) is 0 Å². The van der Waals surface area contributed by atoms with E-state index >= 15 is 0 Å². The highest BCUT2D eigenvalue weighted by molar-refractivity contribution is 6.32. The van der Waals surface area contributed by atoms with Crippen molar-refractivity contribution in [3.8, 4) is 0 Å². The van der Waals surface area contributed by atoms with Crippen LogP contribution in [-0.4, -0.2) is 9.61 Å². The second-order valence-corrected chi connectivity index (χ2v) is 7.12. The second-order valence-electron chi connectivity index (χ2n) is 6.68. The Labute approximate surface area is 154 Å². The van der Waals surface area contributed by atoms with Gasteiger partial charge in [0.2, 0.25) is 0 Å². The maximum Gasteiger partial charge on any atom is 0.0940 e. The lowest BCUT2D eigenvalue weighted by Crippen LogP contribution is -1.87. The first-order valence-electron chi connectivity index (χ1n) is 8.60. The Balaban J connectivity index is 2.00. The van der Waals surface area contributed by atoms with E-state index < -0.39 is 0 Å². The molecular weight excluding hydrogens is 340 g/mol. The van der Waals surface area contributed by atoms with Crippen LogP contribution in [0.3, 0.4) is 0 Å². The molecule has 0 aliphatic rings. The van der Waals surface area contributed by atoms with Gasteiger partial charge in [-0.3, -0.25) is 0 Å². The maximum atomic E-state index is 6.32. The topological polar surface area (TPSA) is 17.3 Å². The first-order chi connectivity index (χ1) is 12.8. The van der Waals surface area contributed by atoms with Gasteiger partial charge in [-0.05, 0) is 45.8 Å². The standard InChI is InChI=1S/C23H13ClN2/c24-17-9-7-15-11-12-26-23(19(15)13-17)22-20(25-26)10-8-16-6-5-14-3-1-2-4-18(14)21(16)22/h1-13H. The lowest BCUT2D eigenvalue weighted by Gasteiger charge is -2.07. The van der Waals surface area contributed by atoms with E-state index in [1.807, 2.05) is 22.8 Å². The van der Waals surface area contributed by atoms with Crippen LogP contribution >= 0.6 is 11.6 Å². The number of hydrogen-bond donors (Lipinski definition) is 0. The van der Waals surface area contributed by atoms with E-state index in [2.05, 4.69) is 60.7 Å². The van der Waals surface area contributed by atoms with Crippen molar-refractivity contribution >= 4 is 60.3 Å². The van der Waals surface area contributed by atoms with Crippen LogP contribution in [0.1, 0.15) is 0 Å². The summed E-state index contributed by atoms with van der Waals surface area (Å²) in [5.74, 6) is 0. The van der Waals surface area contributed by atoms with Crippen LogP contribution in [0.5, 0.6) is 0 Å². The molecule has 0 saturated carbocycles. The molecule has 0 aliphatic carbocycles. The van der Waals surface area contributed by atoms with Crippen LogP contribution in [-0.2, 0) is 0 Å². The van der Waals surface area contributed by atoms with Gasteiger partial charge < -0.3 is 0 Å². The van der Waals surface area contributed by atoms with Crippen molar-refractivity contribution in [1.29, 1.82) is 0 Å². The fourth-order valence-corrected chi connectivity index (χ4v) is 4.26. The zero-order chi connectivity index (χ0) is 17.3. The minimum atomic E-state index is 0.741. The fraction of sp³-hybridized carbons (Fsp3) is 0. The molecule has 0 spiro atoms. The third kappa shape index (κ3) is 1.80. The molecule has 122 valence electrons. The molecule has 0 aliphatic heterocycles. The van der Waals surface area contributed by atoms with E-state index in [0.29, 0.717) is 0 Å². The average molecular weight is 353 g/mol. The molecule has 0 N–H and O–H groups in total. The molecule has 0 radical (unpaired) electrons. The zero-order valence-corrected chi connectivity index (χ0v) is 14.5. The molecule has 4 aromatic carbocycles. The van der Waals surface area contributed by atoms with Gasteiger partial charge in [0.1, 0.15) is 0 Å². The molecular formula is C23H13ClN2. The molecule has 3 heteroatoms. The first-order valence-corrected chi connectivity index (χ1v) is 8.98. The Hall–Kier alpha value is -3.10. The van der Waals surface area contributed by atoms with Crippen molar-refractivity contribution in [2.24, 2.45) is 0 Å². The third-order valence-corrected chi connectivity index (χ3v) is 5.47. The molecule has 0 atom stereocenters. The monoisotopic (exact) mass is 352 g/mol. The van der Waals surface area contributed by atoms with Crippen molar-refractivity contribution in [3.05, 3.63) is 84.0 Å². The number of rotatable bonds is 0. The van der Waals surface area contributed by atoms with E-state index in [1.54, 1.807) is 0 Å². The van der Waals surface area contributed by atoms with E-state index in [1.165, 1.54) is 32.3 Å². The summed E-state index contributed by atoms with van der Waals surface area (Å²) in [7, 11) is 0. The predicted octanol–water partition coefficient (Wildman–Crippen LogP) is 6.60. The van der Waals surface area contributed by atoms with E-state index in [-0.39, 0.29) is 0 Å². The Morgan fingerprint density at radius 2 is 1.46 bits per heavy atom. The minimum absolute atomic E-state index is 0.741. The molecule has 0 unspecified atom stereocenters. The van der Waals surface area contributed by atoms with Gasteiger partial charge in [-0.1, -0.05) is 60.1 Å². The van der Waals surface area contributed by atoms with Crippen molar-refractivity contribution < 1.29 is 0 Å². The molecule has 6 rings (SSSR count). The van der Waals surface area contributed by atoms with Gasteiger partial charge in [0, 0.05) is 27.4 Å². The van der Waals surface area contributed by atoms with E-state index in [0.717, 1.165) is 21.4 Å². The lowest BCUT2D eigenvalue weighted by molar-refractivity contribution is 0.988. The van der Waals surface area contributed by atoms with Crippen LogP contribution in [0.4, 0.5) is 0 Å². The highest BCUT2D eigenvalue weighted by Crippen LogP contribution is 2.37. The SMILES string of the molecule is Clc1ccc2ccn3nc4ccc5ccc6ccccc6c5c4c3c2c1.